The Morgan fingerprint density at radius 3 is 2.33 bits per heavy atom. The Labute approximate surface area is 194 Å². The number of ether oxygens (including phenoxy) is 1. The summed E-state index contributed by atoms with van der Waals surface area (Å²) >= 11 is 0. The molecule has 33 heavy (non-hydrogen) atoms. The first kappa shape index (κ1) is 24.5. The largest absolute Gasteiger partial charge is 0.507 e. The van der Waals surface area contributed by atoms with Crippen molar-refractivity contribution in [3.63, 3.8) is 0 Å². The Kier molecular flexibility index (Phi) is 7.87. The molecule has 0 radical (unpaired) electrons. The normalized spacial score (nSPS) is 17.8. The number of likely N-dealkylation sites (N-methyl/N-ethyl adjacent to an activating group) is 1. The quantitative estimate of drug-likeness (QED) is 0.348. The molecule has 1 aliphatic rings. The number of aliphatic hydroxyl groups is 1. The van der Waals surface area contributed by atoms with E-state index in [9.17, 15) is 19.1 Å². The lowest BCUT2D eigenvalue weighted by Crippen LogP contribution is -2.38. The number of aryl methyl sites for hydroxylation is 1. The number of aliphatic hydroxyl groups excluding tert-OH is 1. The number of ketones is 1. The number of rotatable bonds is 9. The number of hydrogen-bond donors (Lipinski definition) is 1. The van der Waals surface area contributed by atoms with Crippen molar-refractivity contribution in [2.75, 3.05) is 32.8 Å². The maximum absolute atomic E-state index is 14.2. The van der Waals surface area contributed by atoms with E-state index in [-0.39, 0.29) is 16.9 Å². The second-order valence-electron chi connectivity index (χ2n) is 7.99. The number of carbonyl (C=O) groups excluding carboxylic acids is 2. The van der Waals surface area contributed by atoms with Crippen LogP contribution in [0.15, 0.2) is 48.0 Å². The molecule has 2 aromatic rings. The summed E-state index contributed by atoms with van der Waals surface area (Å²) in [6.45, 7) is 10.6. The van der Waals surface area contributed by atoms with Gasteiger partial charge in [0.2, 0.25) is 0 Å². The maximum Gasteiger partial charge on any atom is 0.295 e. The fraction of sp³-hybridized carbons (Fsp3) is 0.385. The first-order chi connectivity index (χ1) is 15.8. The molecule has 0 spiro atoms. The first-order valence-electron chi connectivity index (χ1n) is 11.3. The average Bonchev–Trinajstić information content (AvgIpc) is 3.06. The van der Waals surface area contributed by atoms with E-state index in [1.807, 2.05) is 20.8 Å². The molecule has 1 unspecified atom stereocenters. The number of Topliss-reactive ketones (excluding diaryl/α,β-unsaturated/α-hetero) is 1. The predicted molar refractivity (Wildman–Crippen MR) is 126 cm³/mol. The van der Waals surface area contributed by atoms with E-state index in [1.165, 1.54) is 17.0 Å². The molecule has 1 aliphatic heterocycles. The summed E-state index contributed by atoms with van der Waals surface area (Å²) in [6.07, 6.45) is 0. The zero-order valence-corrected chi connectivity index (χ0v) is 19.6. The van der Waals surface area contributed by atoms with Gasteiger partial charge in [-0.2, -0.15) is 0 Å². The smallest absolute Gasteiger partial charge is 0.295 e. The van der Waals surface area contributed by atoms with E-state index in [0.717, 1.165) is 13.1 Å². The van der Waals surface area contributed by atoms with Crippen LogP contribution in [0, 0.1) is 12.7 Å². The zero-order valence-electron chi connectivity index (χ0n) is 19.6. The number of halogens is 1. The third kappa shape index (κ3) is 5.09. The molecule has 3 rings (SSSR count). The fourth-order valence-electron chi connectivity index (χ4n) is 4.05. The van der Waals surface area contributed by atoms with Gasteiger partial charge in [0.15, 0.2) is 0 Å². The van der Waals surface area contributed by atoms with Gasteiger partial charge in [0, 0.05) is 18.7 Å². The molecule has 0 saturated carbocycles. The predicted octanol–water partition coefficient (Wildman–Crippen LogP) is 4.30. The Morgan fingerprint density at radius 1 is 1.09 bits per heavy atom. The summed E-state index contributed by atoms with van der Waals surface area (Å²) in [6, 6.07) is 10.6. The van der Waals surface area contributed by atoms with Gasteiger partial charge in [-0.3, -0.25) is 9.59 Å². The first-order valence-corrected chi connectivity index (χ1v) is 11.3. The lowest BCUT2D eigenvalue weighted by Gasteiger charge is -2.28. The highest BCUT2D eigenvalue weighted by atomic mass is 19.1. The van der Waals surface area contributed by atoms with Crippen LogP contribution >= 0.6 is 0 Å². The van der Waals surface area contributed by atoms with Crippen molar-refractivity contribution in [1.29, 1.82) is 0 Å². The van der Waals surface area contributed by atoms with Gasteiger partial charge in [0.1, 0.15) is 17.3 Å². The summed E-state index contributed by atoms with van der Waals surface area (Å²) in [7, 11) is 0. The van der Waals surface area contributed by atoms with Crippen LogP contribution in [-0.4, -0.2) is 59.4 Å². The van der Waals surface area contributed by atoms with Crippen molar-refractivity contribution in [3.8, 4) is 5.75 Å². The van der Waals surface area contributed by atoms with Crippen LogP contribution in [0.1, 0.15) is 43.5 Å². The second-order valence-corrected chi connectivity index (χ2v) is 7.99. The molecule has 2 aromatic carbocycles. The van der Waals surface area contributed by atoms with E-state index in [2.05, 4.69) is 4.90 Å². The molecule has 1 fully saturated rings. The number of nitrogens with zero attached hydrogens (tertiary/aromatic N) is 2. The highest BCUT2D eigenvalue weighted by molar-refractivity contribution is 6.46. The molecule has 0 aliphatic carbocycles. The van der Waals surface area contributed by atoms with Crippen molar-refractivity contribution < 1.29 is 23.8 Å². The number of amides is 1. The van der Waals surface area contributed by atoms with Gasteiger partial charge in [-0.1, -0.05) is 38.1 Å². The molecule has 1 saturated heterocycles. The maximum atomic E-state index is 14.2. The van der Waals surface area contributed by atoms with Crippen LogP contribution in [-0.2, 0) is 9.59 Å². The molecule has 6 nitrogen and oxygen atoms in total. The van der Waals surface area contributed by atoms with Crippen molar-refractivity contribution in [1.82, 2.24) is 9.80 Å². The Morgan fingerprint density at radius 2 is 1.76 bits per heavy atom. The van der Waals surface area contributed by atoms with Crippen LogP contribution in [0.5, 0.6) is 5.75 Å². The number of likely N-dealkylation sites (tertiary alicyclic amines) is 1. The topological polar surface area (TPSA) is 70.1 Å². The number of carbonyl (C=O) groups is 2. The lowest BCUT2D eigenvalue weighted by atomic mass is 9.95. The third-order valence-corrected chi connectivity index (χ3v) is 6.04. The van der Waals surface area contributed by atoms with Crippen LogP contribution < -0.4 is 4.74 Å². The minimum atomic E-state index is -0.777. The summed E-state index contributed by atoms with van der Waals surface area (Å²) in [4.78, 5) is 29.8. The van der Waals surface area contributed by atoms with Gasteiger partial charge in [0.25, 0.3) is 11.7 Å². The SMILES string of the molecule is CCOc1ccc(C2/C(=C(/O)c3ccc(C)c(F)c3)C(=O)C(=O)N2CCN(CC)CC)cc1. The molecule has 176 valence electrons. The van der Waals surface area contributed by atoms with E-state index in [1.54, 1.807) is 37.3 Å². The number of benzene rings is 2. The summed E-state index contributed by atoms with van der Waals surface area (Å²) < 4.78 is 19.7. The van der Waals surface area contributed by atoms with Crippen molar-refractivity contribution >= 4 is 17.4 Å². The van der Waals surface area contributed by atoms with Crippen molar-refractivity contribution in [2.24, 2.45) is 0 Å². The monoisotopic (exact) mass is 454 g/mol. The molecule has 1 N–H and O–H groups in total. The van der Waals surface area contributed by atoms with Gasteiger partial charge in [-0.15, -0.1) is 0 Å². The Hall–Kier alpha value is -3.19. The summed E-state index contributed by atoms with van der Waals surface area (Å²) in [5.41, 5.74) is 1.23. The molecule has 0 bridgehead atoms. The standard InChI is InChI=1S/C26H31FN2O4/c1-5-28(6-2)14-15-29-23(18-10-12-20(13-11-18)33-7-3)22(25(31)26(29)32)24(30)19-9-8-17(4)21(27)16-19/h8-13,16,23,30H,5-7,14-15H2,1-4H3/b24-22-. The second kappa shape index (κ2) is 10.6. The van der Waals surface area contributed by atoms with Gasteiger partial charge in [0.05, 0.1) is 18.2 Å². The van der Waals surface area contributed by atoms with Crippen LogP contribution in [0.4, 0.5) is 4.39 Å². The third-order valence-electron chi connectivity index (χ3n) is 6.04. The molecule has 1 heterocycles. The average molecular weight is 455 g/mol. The Balaban J connectivity index is 2.09. The van der Waals surface area contributed by atoms with Crippen molar-refractivity contribution in [3.05, 3.63) is 70.5 Å². The van der Waals surface area contributed by atoms with Crippen LogP contribution in [0.2, 0.25) is 0 Å². The molecule has 0 aromatic heterocycles. The summed E-state index contributed by atoms with van der Waals surface area (Å²) in [5.74, 6) is -1.65. The molecule has 7 heteroatoms. The fourth-order valence-corrected chi connectivity index (χ4v) is 4.05. The van der Waals surface area contributed by atoms with Gasteiger partial charge >= 0.3 is 0 Å². The Bertz CT molecular complexity index is 1040. The number of hydrogen-bond acceptors (Lipinski definition) is 5. The van der Waals surface area contributed by atoms with Gasteiger partial charge in [-0.25, -0.2) is 4.39 Å². The minimum absolute atomic E-state index is 0.0352. The van der Waals surface area contributed by atoms with Crippen LogP contribution in [0.25, 0.3) is 5.76 Å². The van der Waals surface area contributed by atoms with E-state index < -0.39 is 23.5 Å². The van der Waals surface area contributed by atoms with Crippen LogP contribution in [0.3, 0.4) is 0 Å². The lowest BCUT2D eigenvalue weighted by molar-refractivity contribution is -0.140. The van der Waals surface area contributed by atoms with Gasteiger partial charge < -0.3 is 19.6 Å². The molecular weight excluding hydrogens is 423 g/mol. The van der Waals surface area contributed by atoms with E-state index in [0.29, 0.717) is 36.6 Å². The minimum Gasteiger partial charge on any atom is -0.507 e. The van der Waals surface area contributed by atoms with E-state index in [4.69, 9.17) is 4.74 Å². The summed E-state index contributed by atoms with van der Waals surface area (Å²) in [5, 5.41) is 11.1. The zero-order chi connectivity index (χ0) is 24.1. The highest BCUT2D eigenvalue weighted by Crippen LogP contribution is 2.39. The molecular formula is C26H31FN2O4. The highest BCUT2D eigenvalue weighted by Gasteiger charge is 2.46. The van der Waals surface area contributed by atoms with E-state index >= 15 is 0 Å². The molecule has 1 amide bonds. The van der Waals surface area contributed by atoms with Gasteiger partial charge in [-0.05, 0) is 56.3 Å². The molecule has 1 atom stereocenters. The van der Waals surface area contributed by atoms with Crippen molar-refractivity contribution in [2.45, 2.75) is 33.7 Å².